The van der Waals surface area contributed by atoms with Gasteiger partial charge in [-0.25, -0.2) is 8.78 Å². The molecule has 3 atom stereocenters. The number of hydrogen-bond donors (Lipinski definition) is 2. The van der Waals surface area contributed by atoms with Gasteiger partial charge in [-0.15, -0.1) is 0 Å². The van der Waals surface area contributed by atoms with Crippen molar-refractivity contribution in [1.82, 2.24) is 10.6 Å². The Morgan fingerprint density at radius 3 is 2.83 bits per heavy atom. The molecule has 2 N–H and O–H groups in total. The van der Waals surface area contributed by atoms with Crippen LogP contribution in [0.15, 0.2) is 36.4 Å². The maximum atomic E-state index is 15.0. The third-order valence-electron chi connectivity index (χ3n) is 6.44. The third-order valence-corrected chi connectivity index (χ3v) is 6.44. The Kier molecular flexibility index (Phi) is 7.73. The van der Waals surface area contributed by atoms with Crippen molar-refractivity contribution in [3.63, 3.8) is 0 Å². The van der Waals surface area contributed by atoms with Crippen molar-refractivity contribution in [3.8, 4) is 17.2 Å². The summed E-state index contributed by atoms with van der Waals surface area (Å²) < 4.78 is 33.9. The molecule has 1 fully saturated rings. The quantitative estimate of drug-likeness (QED) is 0.684. The lowest BCUT2D eigenvalue weighted by atomic mass is 9.95. The molecule has 2 amide bonds. The lowest BCUT2D eigenvalue weighted by Crippen LogP contribution is -2.48. The van der Waals surface area contributed by atoms with E-state index in [1.54, 1.807) is 24.1 Å². The smallest absolute Gasteiger partial charge is 0.251 e. The monoisotopic (exact) mass is 482 g/mol. The van der Waals surface area contributed by atoms with Crippen molar-refractivity contribution >= 4 is 17.5 Å². The van der Waals surface area contributed by atoms with Crippen molar-refractivity contribution in [2.45, 2.75) is 44.0 Å². The normalized spacial score (nSPS) is 21.3. The fourth-order valence-electron chi connectivity index (χ4n) is 4.37. The van der Waals surface area contributed by atoms with E-state index in [0.717, 1.165) is 16.8 Å². The van der Waals surface area contributed by atoms with Gasteiger partial charge >= 0.3 is 0 Å². The molecule has 4 rings (SSSR count). The number of aryl methyl sites for hydroxylation is 1. The number of amides is 2. The van der Waals surface area contributed by atoms with Gasteiger partial charge in [-0.3, -0.25) is 9.59 Å². The Hall–Kier alpha value is -3.35. The number of anilines is 1. The van der Waals surface area contributed by atoms with Gasteiger partial charge in [0, 0.05) is 32.1 Å². The number of nitriles is 1. The van der Waals surface area contributed by atoms with E-state index in [2.05, 4.69) is 10.6 Å². The molecule has 184 valence electrons. The molecular formula is C26H28F2N4O3. The molecule has 0 spiro atoms. The fourth-order valence-corrected chi connectivity index (χ4v) is 4.37. The summed E-state index contributed by atoms with van der Waals surface area (Å²) in [6.45, 7) is 0.472. The molecule has 2 aromatic rings. The number of halogens is 2. The van der Waals surface area contributed by atoms with E-state index >= 15 is 0 Å². The van der Waals surface area contributed by atoms with E-state index < -0.39 is 30.0 Å². The number of carbonyl (C=O) groups is 2. The number of rotatable bonds is 5. The van der Waals surface area contributed by atoms with E-state index in [1.807, 2.05) is 24.3 Å². The lowest BCUT2D eigenvalue weighted by molar-refractivity contribution is -0.134. The van der Waals surface area contributed by atoms with Crippen LogP contribution in [0.1, 0.15) is 24.0 Å². The Morgan fingerprint density at radius 1 is 1.29 bits per heavy atom. The Balaban J connectivity index is 1.43. The topological polar surface area (TPSA) is 94.5 Å². The number of benzene rings is 2. The molecule has 0 aromatic heterocycles. The van der Waals surface area contributed by atoms with Gasteiger partial charge in [0.2, 0.25) is 5.91 Å². The summed E-state index contributed by atoms with van der Waals surface area (Å²) in [6.07, 6.45) is -0.698. The van der Waals surface area contributed by atoms with Crippen LogP contribution in [0.4, 0.5) is 14.5 Å². The summed E-state index contributed by atoms with van der Waals surface area (Å²) in [5.74, 6) is -0.942. The molecule has 35 heavy (non-hydrogen) atoms. The van der Waals surface area contributed by atoms with Crippen LogP contribution < -0.4 is 15.5 Å². The Labute approximate surface area is 203 Å². The lowest BCUT2D eigenvalue weighted by Gasteiger charge is -2.26. The molecule has 9 heteroatoms. The van der Waals surface area contributed by atoms with Crippen molar-refractivity contribution in [2.24, 2.45) is 0 Å². The summed E-state index contributed by atoms with van der Waals surface area (Å²) in [5.41, 5.74) is 3.71. The predicted octanol–water partition coefficient (Wildman–Crippen LogP) is 2.67. The zero-order valence-corrected chi connectivity index (χ0v) is 19.5. The minimum atomic E-state index is -1.16. The minimum absolute atomic E-state index is 0.0165. The first-order valence-corrected chi connectivity index (χ1v) is 11.7. The average Bonchev–Trinajstić information content (AvgIpc) is 2.84. The van der Waals surface area contributed by atoms with E-state index in [9.17, 15) is 23.6 Å². The van der Waals surface area contributed by atoms with Crippen LogP contribution in [-0.2, 0) is 27.2 Å². The first-order valence-electron chi connectivity index (χ1n) is 11.7. The van der Waals surface area contributed by atoms with Crippen LogP contribution in [0.25, 0.3) is 11.1 Å². The summed E-state index contributed by atoms with van der Waals surface area (Å²) in [7, 11) is 1.75. The highest BCUT2D eigenvalue weighted by Gasteiger charge is 2.26. The average molecular weight is 483 g/mol. The maximum Gasteiger partial charge on any atom is 0.251 e. The molecule has 2 heterocycles. The highest BCUT2D eigenvalue weighted by Crippen LogP contribution is 2.32. The molecule has 1 saturated heterocycles. The van der Waals surface area contributed by atoms with Gasteiger partial charge in [-0.1, -0.05) is 18.2 Å². The molecule has 0 radical (unpaired) electrons. The van der Waals surface area contributed by atoms with Gasteiger partial charge in [-0.2, -0.15) is 5.26 Å². The molecule has 3 unspecified atom stereocenters. The minimum Gasteiger partial charge on any atom is -0.364 e. The Morgan fingerprint density at radius 2 is 2.06 bits per heavy atom. The molecule has 0 aliphatic carbocycles. The van der Waals surface area contributed by atoms with Crippen molar-refractivity contribution < 1.29 is 23.1 Å². The number of fused-ring (bicyclic) bond motifs is 1. The van der Waals surface area contributed by atoms with Gasteiger partial charge in [0.05, 0.1) is 12.7 Å². The van der Waals surface area contributed by atoms with Crippen LogP contribution in [0.2, 0.25) is 0 Å². The second-order valence-electron chi connectivity index (χ2n) is 8.91. The summed E-state index contributed by atoms with van der Waals surface area (Å²) in [5, 5.41) is 15.1. The van der Waals surface area contributed by atoms with Crippen LogP contribution in [-0.4, -0.2) is 56.9 Å². The van der Waals surface area contributed by atoms with Crippen LogP contribution in [0.3, 0.4) is 0 Å². The van der Waals surface area contributed by atoms with Gasteiger partial charge in [0.15, 0.2) is 0 Å². The first-order chi connectivity index (χ1) is 16.9. The van der Waals surface area contributed by atoms with Crippen molar-refractivity contribution in [1.29, 1.82) is 5.26 Å². The second-order valence-corrected chi connectivity index (χ2v) is 8.91. The summed E-state index contributed by atoms with van der Waals surface area (Å²) in [4.78, 5) is 26.1. The van der Waals surface area contributed by atoms with Crippen molar-refractivity contribution in [3.05, 3.63) is 53.3 Å². The van der Waals surface area contributed by atoms with Gasteiger partial charge in [-0.05, 0) is 59.8 Å². The SMILES string of the molecule is CN1C(=O)CCc2cc(-c3ccc(CC(C#N)NC(=O)C4CNCCC(F)CO4)c(F)c3)ccc21. The molecule has 2 aliphatic rings. The number of carbonyl (C=O) groups excluding carboxylic acids is 2. The van der Waals surface area contributed by atoms with Gasteiger partial charge in [0.25, 0.3) is 5.91 Å². The largest absolute Gasteiger partial charge is 0.364 e. The molecule has 7 nitrogen and oxygen atoms in total. The number of hydrogen-bond acceptors (Lipinski definition) is 5. The number of nitrogens with zero attached hydrogens (tertiary/aromatic N) is 2. The fraction of sp³-hybridized carbons (Fsp3) is 0.423. The number of nitrogens with one attached hydrogen (secondary N) is 2. The molecular weight excluding hydrogens is 454 g/mol. The van der Waals surface area contributed by atoms with E-state index in [-0.39, 0.29) is 25.5 Å². The van der Waals surface area contributed by atoms with E-state index in [0.29, 0.717) is 36.9 Å². The van der Waals surface area contributed by atoms with Crippen LogP contribution in [0, 0.1) is 17.1 Å². The standard InChI is InChI=1S/C26H28F2N4O3/c1-32-23-6-4-16(10-19(23)5-7-25(32)33)17-2-3-18(22(28)12-17)11-21(13-29)31-26(34)24-14-30-9-8-20(27)15-35-24/h2-4,6,10,12,20-21,24,30H,5,7-9,11,14-15H2,1H3,(H,31,34). The zero-order chi connectivity index (χ0) is 24.9. The molecule has 0 saturated carbocycles. The zero-order valence-electron chi connectivity index (χ0n) is 19.5. The molecule has 2 aliphatic heterocycles. The summed E-state index contributed by atoms with van der Waals surface area (Å²) >= 11 is 0. The Bertz CT molecular complexity index is 1150. The molecule has 2 aromatic carbocycles. The van der Waals surface area contributed by atoms with E-state index in [1.165, 1.54) is 6.07 Å². The van der Waals surface area contributed by atoms with Crippen molar-refractivity contribution in [2.75, 3.05) is 31.6 Å². The summed E-state index contributed by atoms with van der Waals surface area (Å²) in [6, 6.07) is 11.5. The van der Waals surface area contributed by atoms with Crippen LogP contribution in [0.5, 0.6) is 0 Å². The second kappa shape index (κ2) is 10.9. The number of ether oxygens (including phenoxy) is 1. The van der Waals surface area contributed by atoms with E-state index in [4.69, 9.17) is 4.74 Å². The predicted molar refractivity (Wildman–Crippen MR) is 127 cm³/mol. The van der Waals surface area contributed by atoms with Crippen LogP contribution >= 0.6 is 0 Å². The maximum absolute atomic E-state index is 15.0. The first kappa shape index (κ1) is 24.8. The molecule has 0 bridgehead atoms. The highest BCUT2D eigenvalue weighted by atomic mass is 19.1. The third kappa shape index (κ3) is 5.84. The number of alkyl halides is 1. The highest BCUT2D eigenvalue weighted by molar-refractivity contribution is 5.96. The van der Waals surface area contributed by atoms with Gasteiger partial charge < -0.3 is 20.3 Å². The van der Waals surface area contributed by atoms with Gasteiger partial charge in [0.1, 0.15) is 24.1 Å².